The van der Waals surface area contributed by atoms with Crippen molar-refractivity contribution >= 4 is 62.7 Å². The van der Waals surface area contributed by atoms with Crippen LogP contribution in [0.1, 0.15) is 59.6 Å². The largest absolute Gasteiger partial charge is 0.493 e. The molecule has 0 unspecified atom stereocenters. The molecule has 2 aromatic heterocycles. The number of hydrogen-bond acceptors (Lipinski definition) is 12. The second-order valence-electron chi connectivity index (χ2n) is 15.7. The zero-order valence-electron chi connectivity index (χ0n) is 36.1. The molecule has 0 bridgehead atoms. The first kappa shape index (κ1) is 50.4. The van der Waals surface area contributed by atoms with Gasteiger partial charge in [0.1, 0.15) is 34.3 Å². The summed E-state index contributed by atoms with van der Waals surface area (Å²) in [6, 6.07) is 29.1. The number of non-ortho nitro benzene ring substituents is 1. The van der Waals surface area contributed by atoms with Gasteiger partial charge in [-0.15, -0.1) is 0 Å². The Bertz CT molecular complexity index is 2500. The number of anilines is 3. The number of pyridine rings is 2. The van der Waals surface area contributed by atoms with Gasteiger partial charge in [-0.3, -0.25) is 25.5 Å². The molecule has 0 atom stereocenters. The van der Waals surface area contributed by atoms with E-state index in [9.17, 15) is 19.7 Å². The number of nitro benzene ring substituents is 1. The Labute approximate surface area is 376 Å². The average molecular weight is 905 g/mol. The van der Waals surface area contributed by atoms with Crippen LogP contribution < -0.4 is 25.8 Å². The van der Waals surface area contributed by atoms with Crippen molar-refractivity contribution < 1.29 is 60.4 Å². The molecule has 5 N–H and O–H groups in total. The number of carbonyl (C=O) groups excluding carboxylic acids is 2. The third-order valence-electron chi connectivity index (χ3n) is 8.18. The van der Waals surface area contributed by atoms with Crippen LogP contribution in [0.4, 0.5) is 32.6 Å². The van der Waals surface area contributed by atoms with Crippen molar-refractivity contribution in [3.8, 4) is 11.5 Å². The van der Waals surface area contributed by atoms with E-state index in [0.29, 0.717) is 54.2 Å². The molecule has 6 aromatic rings. The minimum Gasteiger partial charge on any atom is -0.493 e. The van der Waals surface area contributed by atoms with Crippen LogP contribution in [0.25, 0.3) is 21.5 Å². The second kappa shape index (κ2) is 23.3. The quantitative estimate of drug-likeness (QED) is 0.0411. The zero-order valence-corrected chi connectivity index (χ0v) is 37.2. The fraction of sp³-hybridized carbons (Fsp3) is 0.283. The number of amides is 2. The first-order valence-corrected chi connectivity index (χ1v) is 19.6. The molecule has 63 heavy (non-hydrogen) atoms. The Morgan fingerprint density at radius 2 is 1.06 bits per heavy atom. The second-order valence-corrected chi connectivity index (χ2v) is 15.7. The molecule has 0 aliphatic rings. The topological polar surface area (TPSA) is 227 Å². The SMILES string of the molecule is CC(=O)O.CC(C)(C)OC(=O)Nc1cc(CCOc2ccc(N)c3ccccc23)ccn1.CC(C)(C)OC(=O)Nc1cc(CCOc2ccc([N+](=O)[O-])c3ccccc23)ccn1.[Fe]. The van der Waals surface area contributed by atoms with Crippen molar-refractivity contribution in [1.29, 1.82) is 0 Å². The molecule has 17 heteroatoms. The Morgan fingerprint density at radius 3 is 1.49 bits per heavy atom. The number of benzene rings is 4. The molecule has 0 saturated heterocycles. The monoisotopic (exact) mass is 904 g/mol. The van der Waals surface area contributed by atoms with Crippen LogP contribution in [0.5, 0.6) is 11.5 Å². The third kappa shape index (κ3) is 17.1. The average Bonchev–Trinajstić information content (AvgIpc) is 3.18. The fourth-order valence-corrected chi connectivity index (χ4v) is 5.73. The van der Waals surface area contributed by atoms with E-state index in [-0.39, 0.29) is 22.8 Å². The summed E-state index contributed by atoms with van der Waals surface area (Å²) in [5.74, 6) is 1.38. The summed E-state index contributed by atoms with van der Waals surface area (Å²) in [6.45, 7) is 12.7. The summed E-state index contributed by atoms with van der Waals surface area (Å²) < 4.78 is 22.3. The number of hydrogen-bond donors (Lipinski definition) is 4. The molecule has 0 spiro atoms. The number of rotatable bonds is 11. The molecular formula is C46H52FeN6O10. The summed E-state index contributed by atoms with van der Waals surface area (Å²) in [7, 11) is 0. The Morgan fingerprint density at radius 1 is 0.667 bits per heavy atom. The van der Waals surface area contributed by atoms with Gasteiger partial charge in [0.2, 0.25) is 0 Å². The number of aliphatic carboxylic acids is 1. The summed E-state index contributed by atoms with van der Waals surface area (Å²) in [5, 5.41) is 27.1. The van der Waals surface area contributed by atoms with Gasteiger partial charge in [0, 0.05) is 77.1 Å². The molecule has 16 nitrogen and oxygen atoms in total. The number of aromatic nitrogens is 2. The number of carboxylic acids is 1. The van der Waals surface area contributed by atoms with Crippen molar-refractivity contribution in [1.82, 2.24) is 9.97 Å². The smallest absolute Gasteiger partial charge is 0.413 e. The number of carboxylic acid groups (broad SMARTS) is 1. The normalized spacial score (nSPS) is 10.7. The van der Waals surface area contributed by atoms with Crippen molar-refractivity contribution in [3.05, 3.63) is 131 Å². The molecular weight excluding hydrogens is 852 g/mol. The molecule has 334 valence electrons. The maximum absolute atomic E-state index is 11.9. The van der Waals surface area contributed by atoms with E-state index in [1.165, 1.54) is 6.07 Å². The first-order valence-electron chi connectivity index (χ1n) is 19.6. The zero-order chi connectivity index (χ0) is 45.5. The summed E-state index contributed by atoms with van der Waals surface area (Å²) in [5.41, 5.74) is 7.58. The molecule has 0 aliphatic heterocycles. The Kier molecular flexibility index (Phi) is 18.6. The number of nitrogens with zero attached hydrogens (tertiary/aromatic N) is 3. The third-order valence-corrected chi connectivity index (χ3v) is 8.18. The Balaban J connectivity index is 0.000000305. The van der Waals surface area contributed by atoms with Gasteiger partial charge in [-0.05, 0) is 101 Å². The van der Waals surface area contributed by atoms with E-state index >= 15 is 0 Å². The molecule has 6 rings (SSSR count). The molecule has 2 heterocycles. The maximum Gasteiger partial charge on any atom is 0.413 e. The number of nitrogen functional groups attached to an aromatic ring is 1. The number of nitro groups is 1. The van der Waals surface area contributed by atoms with E-state index in [2.05, 4.69) is 20.6 Å². The summed E-state index contributed by atoms with van der Waals surface area (Å²) in [4.78, 5) is 51.9. The van der Waals surface area contributed by atoms with Gasteiger partial charge in [0.25, 0.3) is 11.7 Å². The van der Waals surface area contributed by atoms with E-state index in [1.807, 2.05) is 81.4 Å². The van der Waals surface area contributed by atoms with Crippen LogP contribution >= 0.6 is 0 Å². The van der Waals surface area contributed by atoms with Crippen molar-refractivity contribution in [3.63, 3.8) is 0 Å². The van der Waals surface area contributed by atoms with Gasteiger partial charge in [-0.1, -0.05) is 42.5 Å². The number of ether oxygens (including phenoxy) is 4. The van der Waals surface area contributed by atoms with E-state index in [0.717, 1.165) is 40.3 Å². The molecule has 0 radical (unpaired) electrons. The van der Waals surface area contributed by atoms with Gasteiger partial charge < -0.3 is 29.8 Å². The summed E-state index contributed by atoms with van der Waals surface area (Å²) >= 11 is 0. The first-order chi connectivity index (χ1) is 29.3. The number of nitrogens with two attached hydrogens (primary N) is 1. The minimum absolute atomic E-state index is 0. The maximum atomic E-state index is 11.9. The van der Waals surface area contributed by atoms with Crippen LogP contribution in [0.15, 0.2) is 109 Å². The molecule has 0 fully saturated rings. The van der Waals surface area contributed by atoms with Crippen LogP contribution in [-0.2, 0) is 44.2 Å². The molecule has 0 aliphatic carbocycles. The van der Waals surface area contributed by atoms with E-state index < -0.39 is 34.3 Å². The van der Waals surface area contributed by atoms with Gasteiger partial charge in [0.05, 0.1) is 23.5 Å². The number of fused-ring (bicyclic) bond motifs is 2. The van der Waals surface area contributed by atoms with Gasteiger partial charge in [-0.2, -0.15) is 0 Å². The minimum atomic E-state index is -0.833. The predicted molar refractivity (Wildman–Crippen MR) is 239 cm³/mol. The van der Waals surface area contributed by atoms with E-state index in [1.54, 1.807) is 63.5 Å². The van der Waals surface area contributed by atoms with Crippen molar-refractivity contribution in [2.75, 3.05) is 29.6 Å². The van der Waals surface area contributed by atoms with Crippen LogP contribution in [0.3, 0.4) is 0 Å². The van der Waals surface area contributed by atoms with Crippen molar-refractivity contribution in [2.24, 2.45) is 0 Å². The molecule has 2 amide bonds. The standard InChI is InChI=1S/C22H23N3O5.C22H25N3O3.C2H4O2.Fe/c1-22(2,3)30-21(26)24-20-14-15(10-12-23-20)11-13-29-19-9-8-18(25(27)28)16-6-4-5-7-17(16)19;1-22(2,3)28-21(26)25-20-14-15(10-12-24-20)11-13-27-19-9-8-18(23)16-6-4-5-7-17(16)19;1-2(3)4;/h4-10,12,14H,11,13H2,1-3H3,(H,23,24,26);4-10,12,14H,11,13,23H2,1-3H3,(H,24,25,26);1H3,(H,3,4);. The molecule has 0 saturated carbocycles. The van der Waals surface area contributed by atoms with Crippen molar-refractivity contribution in [2.45, 2.75) is 72.5 Å². The van der Waals surface area contributed by atoms with E-state index in [4.69, 9.17) is 34.6 Å². The predicted octanol–water partition coefficient (Wildman–Crippen LogP) is 9.99. The fourth-order valence-electron chi connectivity index (χ4n) is 5.73. The van der Waals surface area contributed by atoms with Gasteiger partial charge >= 0.3 is 12.2 Å². The van der Waals surface area contributed by atoms with Crippen LogP contribution in [0.2, 0.25) is 0 Å². The Hall–Kier alpha value is -6.97. The number of carbonyl (C=O) groups is 3. The summed E-state index contributed by atoms with van der Waals surface area (Å²) in [6.07, 6.45) is 3.40. The molecule has 4 aromatic carbocycles. The number of nitrogens with one attached hydrogen (secondary N) is 2. The van der Waals surface area contributed by atoms with Gasteiger partial charge in [0.15, 0.2) is 0 Å². The van der Waals surface area contributed by atoms with Crippen LogP contribution in [0, 0.1) is 10.1 Å². The van der Waals surface area contributed by atoms with Crippen LogP contribution in [-0.4, -0.2) is 62.6 Å². The van der Waals surface area contributed by atoms with Gasteiger partial charge in [-0.25, -0.2) is 19.6 Å².